The van der Waals surface area contributed by atoms with Crippen LogP contribution in [0.1, 0.15) is 25.2 Å². The Kier molecular flexibility index (Phi) is 5.52. The van der Waals surface area contributed by atoms with Gasteiger partial charge in [-0.05, 0) is 41.0 Å². The molecule has 0 aliphatic carbocycles. The van der Waals surface area contributed by atoms with E-state index in [0.29, 0.717) is 31.2 Å². The first-order valence-electron chi connectivity index (χ1n) is 9.69. The second-order valence-electron chi connectivity index (χ2n) is 6.70. The van der Waals surface area contributed by atoms with Crippen molar-refractivity contribution in [2.24, 2.45) is 0 Å². The number of H-pyrrole nitrogens is 1. The van der Waals surface area contributed by atoms with Crippen molar-refractivity contribution in [2.75, 3.05) is 0 Å². The third kappa shape index (κ3) is 3.78. The fourth-order valence-corrected chi connectivity index (χ4v) is 3.34. The van der Waals surface area contributed by atoms with Gasteiger partial charge in [-0.3, -0.25) is 4.57 Å². The van der Waals surface area contributed by atoms with Crippen LogP contribution in [0.4, 0.5) is 0 Å². The van der Waals surface area contributed by atoms with E-state index in [1.807, 2.05) is 55.5 Å². The van der Waals surface area contributed by atoms with Gasteiger partial charge in [-0.2, -0.15) is 5.10 Å². The molecule has 4 aromatic rings. The van der Waals surface area contributed by atoms with E-state index in [1.54, 1.807) is 11.5 Å². The molecule has 150 valence electrons. The van der Waals surface area contributed by atoms with E-state index in [2.05, 4.69) is 37.6 Å². The van der Waals surface area contributed by atoms with Gasteiger partial charge >= 0.3 is 5.69 Å². The molecule has 8 heteroatoms. The predicted octanol–water partition coefficient (Wildman–Crippen LogP) is 2.53. The Hall–Kier alpha value is -3.99. The smallest absolute Gasteiger partial charge is 0.274 e. The fourth-order valence-electron chi connectivity index (χ4n) is 3.34. The minimum atomic E-state index is -0.113. The molecular weight excluding hydrogens is 378 g/mol. The van der Waals surface area contributed by atoms with E-state index in [0.717, 1.165) is 22.3 Å². The van der Waals surface area contributed by atoms with E-state index in [9.17, 15) is 4.79 Å². The molecule has 4 rings (SSSR count). The number of aryl methyl sites for hydroxylation is 1. The summed E-state index contributed by atoms with van der Waals surface area (Å²) in [5.41, 5.74) is 3.90. The molecule has 0 bridgehead atoms. The summed E-state index contributed by atoms with van der Waals surface area (Å²) < 4.78 is 3.17. The van der Waals surface area contributed by atoms with Gasteiger partial charge in [0.05, 0.1) is 13.0 Å². The van der Waals surface area contributed by atoms with Crippen LogP contribution in [0.3, 0.4) is 0 Å². The second-order valence-corrected chi connectivity index (χ2v) is 6.70. The summed E-state index contributed by atoms with van der Waals surface area (Å²) in [7, 11) is 0. The Morgan fingerprint density at radius 3 is 2.50 bits per heavy atom. The molecule has 0 fully saturated rings. The first-order chi connectivity index (χ1) is 14.7. The van der Waals surface area contributed by atoms with Gasteiger partial charge < -0.3 is 0 Å². The topological polar surface area (TPSA) is 94.3 Å². The maximum Gasteiger partial charge on any atom is 0.346 e. The Morgan fingerprint density at radius 1 is 1.07 bits per heavy atom. The highest BCUT2D eigenvalue weighted by atomic mass is 16.2. The zero-order valence-corrected chi connectivity index (χ0v) is 16.8. The van der Waals surface area contributed by atoms with Gasteiger partial charge in [0, 0.05) is 12.1 Å². The molecule has 30 heavy (non-hydrogen) atoms. The highest BCUT2D eigenvalue weighted by Crippen LogP contribution is 2.29. The molecule has 1 N–H and O–H groups in total. The van der Waals surface area contributed by atoms with Crippen molar-refractivity contribution >= 4 is 0 Å². The molecule has 0 spiro atoms. The molecule has 0 saturated carbocycles. The molecule has 0 amide bonds. The number of aromatic amines is 1. The zero-order chi connectivity index (χ0) is 20.9. The minimum absolute atomic E-state index is 0.113. The van der Waals surface area contributed by atoms with Crippen molar-refractivity contribution in [3.8, 4) is 34.4 Å². The maximum atomic E-state index is 12.6. The number of hydrogen-bond acceptors (Lipinski definition) is 5. The van der Waals surface area contributed by atoms with Crippen molar-refractivity contribution in [1.82, 2.24) is 35.0 Å². The normalized spacial score (nSPS) is 10.6. The SMILES string of the molecule is CC#CCc1nn(CC)c(=O)n1Cc1ccc(-c2ccccc2-c2nnn[nH]2)cc1. The molecule has 0 aliphatic rings. The summed E-state index contributed by atoms with van der Waals surface area (Å²) in [4.78, 5) is 12.6. The van der Waals surface area contributed by atoms with Crippen molar-refractivity contribution in [3.63, 3.8) is 0 Å². The number of hydrogen-bond donors (Lipinski definition) is 1. The van der Waals surface area contributed by atoms with Gasteiger partial charge in [-0.15, -0.1) is 11.0 Å². The first-order valence-corrected chi connectivity index (χ1v) is 9.69. The lowest BCUT2D eigenvalue weighted by Crippen LogP contribution is -2.25. The van der Waals surface area contributed by atoms with Crippen LogP contribution < -0.4 is 5.69 Å². The highest BCUT2D eigenvalue weighted by Gasteiger charge is 2.13. The molecule has 0 radical (unpaired) electrons. The summed E-state index contributed by atoms with van der Waals surface area (Å²) in [6, 6.07) is 16.1. The summed E-state index contributed by atoms with van der Waals surface area (Å²) in [6.45, 7) is 4.67. The standard InChI is InChI=1S/C22H21N7O/c1-3-5-10-20-25-29(4-2)22(30)28(20)15-16-11-13-17(14-12-16)18-8-6-7-9-19(18)21-23-26-27-24-21/h6-9,11-14H,4,10,15H2,1-2H3,(H,23,24,26,27). The average molecular weight is 399 g/mol. The van der Waals surface area contributed by atoms with E-state index >= 15 is 0 Å². The van der Waals surface area contributed by atoms with Crippen molar-refractivity contribution in [2.45, 2.75) is 33.4 Å². The van der Waals surface area contributed by atoms with Gasteiger partial charge in [0.1, 0.15) is 5.82 Å². The largest absolute Gasteiger partial charge is 0.346 e. The Morgan fingerprint density at radius 2 is 1.83 bits per heavy atom. The Balaban J connectivity index is 1.64. The Labute approximate surface area is 173 Å². The van der Waals surface area contributed by atoms with Crippen LogP contribution in [0.5, 0.6) is 0 Å². The maximum absolute atomic E-state index is 12.6. The molecule has 2 aromatic carbocycles. The molecule has 2 heterocycles. The number of benzene rings is 2. The quantitative estimate of drug-likeness (QED) is 0.503. The van der Waals surface area contributed by atoms with Crippen LogP contribution in [0.15, 0.2) is 53.3 Å². The lowest BCUT2D eigenvalue weighted by atomic mass is 9.98. The number of tetrazole rings is 1. The molecule has 0 aliphatic heterocycles. The second kappa shape index (κ2) is 8.57. The number of aromatic nitrogens is 7. The van der Waals surface area contributed by atoms with Crippen LogP contribution in [0, 0.1) is 11.8 Å². The summed E-state index contributed by atoms with van der Waals surface area (Å²) in [6.07, 6.45) is 0.454. The molecule has 0 unspecified atom stereocenters. The Bertz CT molecular complexity index is 1260. The minimum Gasteiger partial charge on any atom is -0.274 e. The molecule has 0 atom stereocenters. The van der Waals surface area contributed by atoms with Gasteiger partial charge in [0.15, 0.2) is 5.82 Å². The van der Waals surface area contributed by atoms with Gasteiger partial charge in [-0.25, -0.2) is 14.6 Å². The third-order valence-electron chi connectivity index (χ3n) is 4.86. The van der Waals surface area contributed by atoms with E-state index in [-0.39, 0.29) is 5.69 Å². The van der Waals surface area contributed by atoms with E-state index < -0.39 is 0 Å². The summed E-state index contributed by atoms with van der Waals surface area (Å²) >= 11 is 0. The predicted molar refractivity (Wildman–Crippen MR) is 113 cm³/mol. The number of nitrogens with one attached hydrogen (secondary N) is 1. The summed E-state index contributed by atoms with van der Waals surface area (Å²) in [5, 5.41) is 18.6. The number of nitrogens with zero attached hydrogens (tertiary/aromatic N) is 6. The molecule has 0 saturated heterocycles. The number of rotatable bonds is 6. The van der Waals surface area contributed by atoms with E-state index in [4.69, 9.17) is 0 Å². The van der Waals surface area contributed by atoms with Gasteiger partial charge in [0.2, 0.25) is 0 Å². The fraction of sp³-hybridized carbons (Fsp3) is 0.227. The van der Waals surface area contributed by atoms with Crippen LogP contribution in [0.25, 0.3) is 22.5 Å². The van der Waals surface area contributed by atoms with E-state index in [1.165, 1.54) is 4.68 Å². The lowest BCUT2D eigenvalue weighted by Gasteiger charge is -2.09. The van der Waals surface area contributed by atoms with Crippen LogP contribution in [-0.4, -0.2) is 35.0 Å². The lowest BCUT2D eigenvalue weighted by molar-refractivity contribution is 0.615. The zero-order valence-electron chi connectivity index (χ0n) is 16.8. The summed E-state index contributed by atoms with van der Waals surface area (Å²) in [5.74, 6) is 7.17. The van der Waals surface area contributed by atoms with Gasteiger partial charge in [0.25, 0.3) is 0 Å². The first kappa shape index (κ1) is 19.3. The van der Waals surface area contributed by atoms with Crippen molar-refractivity contribution in [3.05, 3.63) is 70.4 Å². The highest BCUT2D eigenvalue weighted by molar-refractivity contribution is 5.80. The molecule has 2 aromatic heterocycles. The van der Waals surface area contributed by atoms with Crippen LogP contribution in [-0.2, 0) is 19.5 Å². The average Bonchev–Trinajstić information content (AvgIpc) is 3.42. The monoisotopic (exact) mass is 399 g/mol. The van der Waals surface area contributed by atoms with Crippen molar-refractivity contribution < 1.29 is 0 Å². The van der Waals surface area contributed by atoms with Crippen LogP contribution >= 0.6 is 0 Å². The molecular formula is C22H21N7O. The molecule has 8 nitrogen and oxygen atoms in total. The van der Waals surface area contributed by atoms with Gasteiger partial charge in [-0.1, -0.05) is 54.5 Å². The third-order valence-corrected chi connectivity index (χ3v) is 4.86. The van der Waals surface area contributed by atoms with Crippen LogP contribution in [0.2, 0.25) is 0 Å². The van der Waals surface area contributed by atoms with Crippen molar-refractivity contribution in [1.29, 1.82) is 0 Å².